The normalized spacial score (nSPS) is 25.9. The lowest BCUT2D eigenvalue weighted by Crippen LogP contribution is -2.36. The standard InChI is InChI=1S/C12H24O4/c1-13-7-9-15-11-5-3-4-6-12(11)16-10-8-14-2/h11-12H,3-10H2,1-2H3/t11-,12-/m1/s1. The Kier molecular flexibility index (Phi) is 7.76. The van der Waals surface area contributed by atoms with Crippen LogP contribution in [0.25, 0.3) is 0 Å². The van der Waals surface area contributed by atoms with Gasteiger partial charge in [-0.15, -0.1) is 0 Å². The third-order valence-electron chi connectivity index (χ3n) is 2.88. The summed E-state index contributed by atoms with van der Waals surface area (Å²) in [6.45, 7) is 2.62. The molecule has 0 amide bonds. The second-order valence-electron chi connectivity index (χ2n) is 4.09. The first kappa shape index (κ1) is 13.9. The van der Waals surface area contributed by atoms with Gasteiger partial charge in [-0.1, -0.05) is 12.8 Å². The van der Waals surface area contributed by atoms with Gasteiger partial charge in [0.15, 0.2) is 0 Å². The first-order valence-electron chi connectivity index (χ1n) is 6.09. The second kappa shape index (κ2) is 8.93. The molecule has 1 aliphatic carbocycles. The highest BCUT2D eigenvalue weighted by molar-refractivity contribution is 4.76. The zero-order valence-electron chi connectivity index (χ0n) is 10.4. The molecule has 1 aliphatic rings. The Morgan fingerprint density at radius 2 is 1.19 bits per heavy atom. The summed E-state index contributed by atoms with van der Waals surface area (Å²) in [5.41, 5.74) is 0. The summed E-state index contributed by atoms with van der Waals surface area (Å²) in [5, 5.41) is 0. The van der Waals surface area contributed by atoms with E-state index < -0.39 is 0 Å². The SMILES string of the molecule is COCCO[C@@H]1CCCC[C@H]1OCCOC. The smallest absolute Gasteiger partial charge is 0.0837 e. The predicted molar refractivity (Wildman–Crippen MR) is 61.7 cm³/mol. The molecule has 96 valence electrons. The van der Waals surface area contributed by atoms with Gasteiger partial charge in [-0.25, -0.2) is 0 Å². The highest BCUT2D eigenvalue weighted by atomic mass is 16.6. The van der Waals surface area contributed by atoms with Gasteiger partial charge in [-0.2, -0.15) is 0 Å². The lowest BCUT2D eigenvalue weighted by atomic mass is 9.94. The van der Waals surface area contributed by atoms with Crippen LogP contribution in [0.4, 0.5) is 0 Å². The summed E-state index contributed by atoms with van der Waals surface area (Å²) in [6, 6.07) is 0. The van der Waals surface area contributed by atoms with Crippen LogP contribution in [0.5, 0.6) is 0 Å². The topological polar surface area (TPSA) is 36.9 Å². The van der Waals surface area contributed by atoms with Crippen LogP contribution in [0.3, 0.4) is 0 Å². The molecule has 0 aromatic carbocycles. The van der Waals surface area contributed by atoms with Crippen molar-refractivity contribution in [1.82, 2.24) is 0 Å². The van der Waals surface area contributed by atoms with Crippen LogP contribution in [0, 0.1) is 0 Å². The maximum absolute atomic E-state index is 5.78. The van der Waals surface area contributed by atoms with E-state index in [9.17, 15) is 0 Å². The third kappa shape index (κ3) is 5.25. The highest BCUT2D eigenvalue weighted by Gasteiger charge is 2.26. The van der Waals surface area contributed by atoms with Crippen LogP contribution in [0.1, 0.15) is 25.7 Å². The first-order chi connectivity index (χ1) is 7.88. The minimum atomic E-state index is 0.237. The quantitative estimate of drug-likeness (QED) is 0.596. The van der Waals surface area contributed by atoms with Gasteiger partial charge in [0.2, 0.25) is 0 Å². The van der Waals surface area contributed by atoms with Crippen molar-refractivity contribution < 1.29 is 18.9 Å². The highest BCUT2D eigenvalue weighted by Crippen LogP contribution is 2.23. The summed E-state index contributed by atoms with van der Waals surface area (Å²) in [7, 11) is 3.38. The van der Waals surface area contributed by atoms with E-state index in [0.29, 0.717) is 26.4 Å². The Labute approximate surface area is 98.2 Å². The summed E-state index contributed by atoms with van der Waals surface area (Å²) in [5.74, 6) is 0. The minimum Gasteiger partial charge on any atom is -0.382 e. The molecule has 0 aromatic rings. The molecule has 0 spiro atoms. The Hall–Kier alpha value is -0.160. The van der Waals surface area contributed by atoms with Crippen LogP contribution < -0.4 is 0 Å². The molecule has 0 aromatic heterocycles. The minimum absolute atomic E-state index is 0.237. The van der Waals surface area contributed by atoms with Crippen molar-refractivity contribution in [3.05, 3.63) is 0 Å². The van der Waals surface area contributed by atoms with Crippen molar-refractivity contribution >= 4 is 0 Å². The van der Waals surface area contributed by atoms with E-state index >= 15 is 0 Å². The van der Waals surface area contributed by atoms with E-state index in [1.807, 2.05) is 0 Å². The molecule has 0 N–H and O–H groups in total. The van der Waals surface area contributed by atoms with E-state index in [-0.39, 0.29) is 12.2 Å². The molecule has 0 radical (unpaired) electrons. The van der Waals surface area contributed by atoms with E-state index in [2.05, 4.69) is 0 Å². The third-order valence-corrected chi connectivity index (χ3v) is 2.88. The molecule has 0 saturated heterocycles. The van der Waals surface area contributed by atoms with Crippen LogP contribution in [0.2, 0.25) is 0 Å². The monoisotopic (exact) mass is 232 g/mol. The average molecular weight is 232 g/mol. The Balaban J connectivity index is 2.20. The van der Waals surface area contributed by atoms with Crippen LogP contribution >= 0.6 is 0 Å². The van der Waals surface area contributed by atoms with Crippen LogP contribution in [-0.4, -0.2) is 52.9 Å². The van der Waals surface area contributed by atoms with E-state index in [4.69, 9.17) is 18.9 Å². The van der Waals surface area contributed by atoms with Crippen LogP contribution in [-0.2, 0) is 18.9 Å². The number of hydrogen-bond donors (Lipinski definition) is 0. The van der Waals surface area contributed by atoms with Gasteiger partial charge in [-0.05, 0) is 12.8 Å². The number of ether oxygens (including phenoxy) is 4. The van der Waals surface area contributed by atoms with Gasteiger partial charge in [0.1, 0.15) is 0 Å². The Morgan fingerprint density at radius 3 is 1.56 bits per heavy atom. The fraction of sp³-hybridized carbons (Fsp3) is 1.00. The van der Waals surface area contributed by atoms with Crippen molar-refractivity contribution in [2.45, 2.75) is 37.9 Å². The molecule has 0 bridgehead atoms. The van der Waals surface area contributed by atoms with Gasteiger partial charge in [0.05, 0.1) is 38.6 Å². The fourth-order valence-electron chi connectivity index (χ4n) is 2.01. The van der Waals surface area contributed by atoms with E-state index in [1.165, 1.54) is 12.8 Å². The average Bonchev–Trinajstić information content (AvgIpc) is 2.32. The fourth-order valence-corrected chi connectivity index (χ4v) is 2.01. The van der Waals surface area contributed by atoms with Gasteiger partial charge in [0.25, 0.3) is 0 Å². The molecule has 4 nitrogen and oxygen atoms in total. The van der Waals surface area contributed by atoms with E-state index in [0.717, 1.165) is 12.8 Å². The largest absolute Gasteiger partial charge is 0.382 e. The predicted octanol–water partition coefficient (Wildman–Crippen LogP) is 1.62. The first-order valence-corrected chi connectivity index (χ1v) is 6.09. The summed E-state index contributed by atoms with van der Waals surface area (Å²) in [6.07, 6.45) is 5.15. The maximum Gasteiger partial charge on any atom is 0.0837 e. The van der Waals surface area contributed by atoms with E-state index in [1.54, 1.807) is 14.2 Å². The van der Waals surface area contributed by atoms with Gasteiger partial charge in [0, 0.05) is 14.2 Å². The molecule has 0 unspecified atom stereocenters. The van der Waals surface area contributed by atoms with Gasteiger partial charge < -0.3 is 18.9 Å². The summed E-state index contributed by atoms with van der Waals surface area (Å²) < 4.78 is 21.5. The molecule has 2 atom stereocenters. The lowest BCUT2D eigenvalue weighted by molar-refractivity contribution is -0.106. The van der Waals surface area contributed by atoms with Crippen molar-refractivity contribution in [3.8, 4) is 0 Å². The van der Waals surface area contributed by atoms with Crippen molar-refractivity contribution in [3.63, 3.8) is 0 Å². The molecule has 0 aliphatic heterocycles. The zero-order chi connectivity index (χ0) is 11.6. The molecule has 1 rings (SSSR count). The lowest BCUT2D eigenvalue weighted by Gasteiger charge is -2.31. The zero-order valence-corrected chi connectivity index (χ0v) is 10.4. The van der Waals surface area contributed by atoms with Crippen molar-refractivity contribution in [1.29, 1.82) is 0 Å². The molecule has 1 fully saturated rings. The molecular formula is C12H24O4. The van der Waals surface area contributed by atoms with Crippen LogP contribution in [0.15, 0.2) is 0 Å². The molecule has 4 heteroatoms. The van der Waals surface area contributed by atoms with Gasteiger partial charge >= 0.3 is 0 Å². The van der Waals surface area contributed by atoms with Gasteiger partial charge in [-0.3, -0.25) is 0 Å². The molecule has 16 heavy (non-hydrogen) atoms. The Bertz CT molecular complexity index is 145. The molecule has 1 saturated carbocycles. The number of rotatable bonds is 8. The van der Waals surface area contributed by atoms with Crippen molar-refractivity contribution in [2.75, 3.05) is 40.6 Å². The number of hydrogen-bond acceptors (Lipinski definition) is 4. The van der Waals surface area contributed by atoms with Crippen molar-refractivity contribution in [2.24, 2.45) is 0 Å². The second-order valence-corrected chi connectivity index (χ2v) is 4.09. The molecule has 0 heterocycles. The summed E-state index contributed by atoms with van der Waals surface area (Å²) in [4.78, 5) is 0. The summed E-state index contributed by atoms with van der Waals surface area (Å²) >= 11 is 0. The Morgan fingerprint density at radius 1 is 0.750 bits per heavy atom. The maximum atomic E-state index is 5.78. The number of methoxy groups -OCH3 is 2. The molecular weight excluding hydrogens is 208 g/mol.